The Labute approximate surface area is 191 Å². The molecule has 2 aromatic carbocycles. The Morgan fingerprint density at radius 2 is 1.65 bits per heavy atom. The third-order valence-electron chi connectivity index (χ3n) is 5.26. The fourth-order valence-electron chi connectivity index (χ4n) is 3.52. The third kappa shape index (κ3) is 5.19. The van der Waals surface area contributed by atoms with Crippen LogP contribution in [0.3, 0.4) is 0 Å². The lowest BCUT2D eigenvalue weighted by atomic mass is 10.2. The van der Waals surface area contributed by atoms with Gasteiger partial charge < -0.3 is 24.8 Å². The highest BCUT2D eigenvalue weighted by Crippen LogP contribution is 2.26. The number of benzene rings is 2. The minimum atomic E-state index is 0.743. The number of hydrogen-bond donors (Lipinski definition) is 1. The van der Waals surface area contributed by atoms with E-state index in [1.807, 2.05) is 49.3 Å². The number of ether oxygens (including phenoxy) is 1. The summed E-state index contributed by atoms with van der Waals surface area (Å²) in [6.07, 6.45) is 0. The molecule has 4 rings (SSSR count). The van der Waals surface area contributed by atoms with E-state index in [0.29, 0.717) is 0 Å². The van der Waals surface area contributed by atoms with Gasteiger partial charge in [-0.3, -0.25) is 0 Å². The summed E-state index contributed by atoms with van der Waals surface area (Å²) >= 11 is 3.51. The van der Waals surface area contributed by atoms with E-state index in [2.05, 4.69) is 55.3 Å². The fraction of sp³-hybridized carbons (Fsp3) is 0.304. The maximum absolute atomic E-state index is 5.33. The van der Waals surface area contributed by atoms with E-state index in [1.54, 1.807) is 7.11 Å². The van der Waals surface area contributed by atoms with Crippen molar-refractivity contribution in [1.82, 2.24) is 9.97 Å². The van der Waals surface area contributed by atoms with E-state index in [1.165, 1.54) is 5.69 Å². The molecule has 8 heteroatoms. The molecule has 2 heterocycles. The lowest BCUT2D eigenvalue weighted by Gasteiger charge is -2.36. The first-order valence-electron chi connectivity index (χ1n) is 10.2. The zero-order valence-electron chi connectivity index (χ0n) is 18.0. The van der Waals surface area contributed by atoms with Crippen molar-refractivity contribution in [3.8, 4) is 5.75 Å². The van der Waals surface area contributed by atoms with Crippen LogP contribution in [0, 0.1) is 0 Å². The summed E-state index contributed by atoms with van der Waals surface area (Å²) in [7, 11) is 5.65. The minimum absolute atomic E-state index is 0.743. The Kier molecular flexibility index (Phi) is 6.46. The highest BCUT2D eigenvalue weighted by atomic mass is 79.9. The van der Waals surface area contributed by atoms with Crippen LogP contribution < -0.4 is 24.8 Å². The Balaban J connectivity index is 1.52. The monoisotopic (exact) mass is 482 g/mol. The summed E-state index contributed by atoms with van der Waals surface area (Å²) < 4.78 is 6.43. The number of aromatic nitrogens is 2. The molecule has 7 nitrogen and oxygen atoms in total. The maximum Gasteiger partial charge on any atom is 0.229 e. The zero-order valence-corrected chi connectivity index (χ0v) is 19.6. The van der Waals surface area contributed by atoms with Crippen LogP contribution >= 0.6 is 15.9 Å². The van der Waals surface area contributed by atoms with Gasteiger partial charge in [-0.05, 0) is 36.4 Å². The highest BCUT2D eigenvalue weighted by molar-refractivity contribution is 9.10. The van der Waals surface area contributed by atoms with Crippen LogP contribution in [0.25, 0.3) is 0 Å². The van der Waals surface area contributed by atoms with Crippen molar-refractivity contribution in [2.75, 3.05) is 67.4 Å². The van der Waals surface area contributed by atoms with Crippen LogP contribution in [-0.2, 0) is 0 Å². The quantitative estimate of drug-likeness (QED) is 0.559. The summed E-state index contributed by atoms with van der Waals surface area (Å²) in [5.41, 5.74) is 2.17. The van der Waals surface area contributed by atoms with Gasteiger partial charge in [-0.15, -0.1) is 0 Å². The van der Waals surface area contributed by atoms with E-state index < -0.39 is 0 Å². The van der Waals surface area contributed by atoms with Gasteiger partial charge in [0.2, 0.25) is 5.95 Å². The Hall–Kier alpha value is -3.00. The number of hydrogen-bond acceptors (Lipinski definition) is 7. The normalized spacial score (nSPS) is 13.8. The van der Waals surface area contributed by atoms with Gasteiger partial charge in [0, 0.05) is 68.3 Å². The Morgan fingerprint density at radius 3 is 2.32 bits per heavy atom. The molecule has 0 bridgehead atoms. The van der Waals surface area contributed by atoms with E-state index in [4.69, 9.17) is 14.7 Å². The molecule has 162 valence electrons. The van der Waals surface area contributed by atoms with Crippen molar-refractivity contribution < 1.29 is 4.74 Å². The molecule has 0 spiro atoms. The smallest absolute Gasteiger partial charge is 0.229 e. The molecule has 0 aliphatic carbocycles. The number of anilines is 5. The first-order chi connectivity index (χ1) is 15.0. The number of methoxy groups -OCH3 is 1. The van der Waals surface area contributed by atoms with Crippen molar-refractivity contribution in [3.05, 3.63) is 59.1 Å². The number of halogens is 1. The average molecular weight is 483 g/mol. The van der Waals surface area contributed by atoms with Gasteiger partial charge in [-0.25, -0.2) is 0 Å². The van der Waals surface area contributed by atoms with Gasteiger partial charge in [0.1, 0.15) is 17.4 Å². The Morgan fingerprint density at radius 1 is 0.935 bits per heavy atom. The molecule has 1 saturated heterocycles. The molecular weight excluding hydrogens is 456 g/mol. The molecule has 0 saturated carbocycles. The van der Waals surface area contributed by atoms with Gasteiger partial charge in [-0.2, -0.15) is 9.97 Å². The zero-order chi connectivity index (χ0) is 21.8. The highest BCUT2D eigenvalue weighted by Gasteiger charge is 2.21. The third-order valence-corrected chi connectivity index (χ3v) is 5.78. The predicted molar refractivity (Wildman–Crippen MR) is 131 cm³/mol. The lowest BCUT2D eigenvalue weighted by Crippen LogP contribution is -2.47. The topological polar surface area (TPSA) is 56.8 Å². The van der Waals surface area contributed by atoms with Crippen molar-refractivity contribution in [2.45, 2.75) is 0 Å². The first kappa shape index (κ1) is 21.2. The predicted octanol–water partition coefficient (Wildman–Crippen LogP) is 4.38. The molecule has 0 radical (unpaired) electrons. The second-order valence-corrected chi connectivity index (χ2v) is 8.53. The molecule has 1 N–H and O–H groups in total. The number of piperazine rings is 1. The number of nitrogens with zero attached hydrogens (tertiary/aromatic N) is 5. The van der Waals surface area contributed by atoms with Crippen LogP contribution in [0.1, 0.15) is 0 Å². The second kappa shape index (κ2) is 9.43. The average Bonchev–Trinajstić information content (AvgIpc) is 2.79. The largest absolute Gasteiger partial charge is 0.497 e. The van der Waals surface area contributed by atoms with E-state index in [-0.39, 0.29) is 0 Å². The number of nitrogens with one attached hydrogen (secondary N) is 1. The molecule has 1 aliphatic heterocycles. The van der Waals surface area contributed by atoms with E-state index >= 15 is 0 Å². The van der Waals surface area contributed by atoms with Crippen molar-refractivity contribution in [3.63, 3.8) is 0 Å². The van der Waals surface area contributed by atoms with Gasteiger partial charge >= 0.3 is 0 Å². The van der Waals surface area contributed by atoms with Crippen LogP contribution in [0.15, 0.2) is 59.1 Å². The fourth-order valence-corrected chi connectivity index (χ4v) is 3.79. The van der Waals surface area contributed by atoms with Crippen LogP contribution in [0.2, 0.25) is 0 Å². The molecule has 0 unspecified atom stereocenters. The van der Waals surface area contributed by atoms with Crippen LogP contribution in [0.5, 0.6) is 5.75 Å². The molecule has 0 atom stereocenters. The van der Waals surface area contributed by atoms with Crippen molar-refractivity contribution in [1.29, 1.82) is 0 Å². The van der Waals surface area contributed by atoms with Crippen LogP contribution in [-0.4, -0.2) is 57.4 Å². The lowest BCUT2D eigenvalue weighted by molar-refractivity contribution is 0.415. The van der Waals surface area contributed by atoms with Gasteiger partial charge in [0.15, 0.2) is 0 Å². The van der Waals surface area contributed by atoms with Gasteiger partial charge in [0.25, 0.3) is 0 Å². The summed E-state index contributed by atoms with van der Waals surface area (Å²) in [6.45, 7) is 3.59. The Bertz CT molecular complexity index is 1020. The van der Waals surface area contributed by atoms with Gasteiger partial charge in [0.05, 0.1) is 7.11 Å². The molecule has 31 heavy (non-hydrogen) atoms. The molecule has 1 fully saturated rings. The van der Waals surface area contributed by atoms with E-state index in [9.17, 15) is 0 Å². The maximum atomic E-state index is 5.33. The summed E-state index contributed by atoms with van der Waals surface area (Å²) in [5, 5.41) is 3.39. The molecule has 0 amide bonds. The van der Waals surface area contributed by atoms with Crippen molar-refractivity contribution in [2.24, 2.45) is 0 Å². The summed E-state index contributed by atoms with van der Waals surface area (Å²) in [5.74, 6) is 3.17. The standard InChI is InChI=1S/C23H27BrN6O/c1-28(2)22-16-21(25-18-5-4-6-20(15-18)31-3)26-23(27-22)30-13-11-29(12-14-30)19-9-7-17(24)8-10-19/h4-10,15-16H,11-14H2,1-3H3,(H,25,26,27). The van der Waals surface area contributed by atoms with Crippen molar-refractivity contribution >= 4 is 44.9 Å². The second-order valence-electron chi connectivity index (χ2n) is 7.61. The van der Waals surface area contributed by atoms with Crippen LogP contribution in [0.4, 0.5) is 29.0 Å². The number of rotatable bonds is 6. The first-order valence-corrected chi connectivity index (χ1v) is 11.0. The van der Waals surface area contributed by atoms with E-state index in [0.717, 1.165) is 59.7 Å². The molecule has 1 aliphatic rings. The summed E-state index contributed by atoms with van der Waals surface area (Å²) in [4.78, 5) is 16.2. The summed E-state index contributed by atoms with van der Waals surface area (Å²) in [6, 6.07) is 18.3. The molecular formula is C23H27BrN6O. The minimum Gasteiger partial charge on any atom is -0.497 e. The van der Waals surface area contributed by atoms with Gasteiger partial charge in [-0.1, -0.05) is 22.0 Å². The SMILES string of the molecule is COc1cccc(Nc2cc(N(C)C)nc(N3CCN(c4ccc(Br)cc4)CC3)n2)c1. The molecule has 1 aromatic heterocycles. The molecule has 3 aromatic rings.